The van der Waals surface area contributed by atoms with Crippen LogP contribution in [-0.2, 0) is 51.0 Å². The van der Waals surface area contributed by atoms with E-state index in [0.29, 0.717) is 124 Å². The van der Waals surface area contributed by atoms with Crippen molar-refractivity contribution in [3.63, 3.8) is 0 Å². The molecule has 0 aliphatic carbocycles. The molecule has 18 heteroatoms. The summed E-state index contributed by atoms with van der Waals surface area (Å²) in [7, 11) is 2.68. The predicted octanol–water partition coefficient (Wildman–Crippen LogP) is 4.22. The van der Waals surface area contributed by atoms with Gasteiger partial charge in [0.25, 0.3) is 0 Å². The maximum Gasteiger partial charge on any atom is 0.356 e. The zero-order valence-corrected chi connectivity index (χ0v) is 36.2. The Labute approximate surface area is 361 Å². The van der Waals surface area contributed by atoms with Crippen LogP contribution in [0.3, 0.4) is 0 Å². The molecule has 16 nitrogen and oxygen atoms in total. The summed E-state index contributed by atoms with van der Waals surface area (Å²) in [5.74, 6) is 1.26. The number of pyridine rings is 2. The van der Waals surface area contributed by atoms with Crippen LogP contribution in [0.2, 0.25) is 0 Å². The zero-order chi connectivity index (χ0) is 42.5. The number of methoxy groups -OCH3 is 2. The molecule has 3 heterocycles. The highest BCUT2D eigenvalue weighted by Gasteiger charge is 2.16. The fourth-order valence-corrected chi connectivity index (χ4v) is 6.95. The number of esters is 2. The molecular formula is C42H57N5O11S2. The lowest BCUT2D eigenvalue weighted by atomic mass is 10.2. The van der Waals surface area contributed by atoms with E-state index in [1.807, 2.05) is 36.4 Å². The van der Waals surface area contributed by atoms with Crippen molar-refractivity contribution in [1.29, 1.82) is 5.26 Å². The third-order valence-corrected chi connectivity index (χ3v) is 10.5. The van der Waals surface area contributed by atoms with E-state index >= 15 is 0 Å². The minimum Gasteiger partial charge on any atom is -0.491 e. The van der Waals surface area contributed by atoms with Gasteiger partial charge in [0.1, 0.15) is 29.1 Å². The monoisotopic (exact) mass is 871 g/mol. The molecule has 0 radical (unpaired) electrons. The van der Waals surface area contributed by atoms with Crippen LogP contribution in [0.5, 0.6) is 5.75 Å². The highest BCUT2D eigenvalue weighted by molar-refractivity contribution is 8.03. The predicted molar refractivity (Wildman–Crippen MR) is 226 cm³/mol. The van der Waals surface area contributed by atoms with E-state index in [1.54, 1.807) is 36.0 Å². The highest BCUT2D eigenvalue weighted by atomic mass is 32.2. The van der Waals surface area contributed by atoms with E-state index in [9.17, 15) is 9.59 Å². The summed E-state index contributed by atoms with van der Waals surface area (Å²) in [6, 6.07) is 18.0. The van der Waals surface area contributed by atoms with Gasteiger partial charge in [0, 0.05) is 55.7 Å². The molecule has 4 rings (SSSR count). The number of carbonyl (C=O) groups is 2. The van der Waals surface area contributed by atoms with E-state index < -0.39 is 11.9 Å². The van der Waals surface area contributed by atoms with Crippen molar-refractivity contribution in [3.05, 3.63) is 83.4 Å². The van der Waals surface area contributed by atoms with E-state index in [1.165, 1.54) is 14.2 Å². The minimum atomic E-state index is -0.479. The Hall–Kier alpha value is -3.87. The van der Waals surface area contributed by atoms with Crippen LogP contribution in [0.25, 0.3) is 0 Å². The van der Waals surface area contributed by atoms with Crippen LogP contribution >= 0.6 is 23.5 Å². The normalized spacial score (nSPS) is 16.9. The molecule has 0 spiro atoms. The Morgan fingerprint density at radius 3 is 1.85 bits per heavy atom. The molecule has 1 atom stereocenters. The molecule has 60 heavy (non-hydrogen) atoms. The van der Waals surface area contributed by atoms with E-state index in [-0.39, 0.29) is 17.5 Å². The number of carbonyl (C=O) groups excluding carboxylic acids is 2. The largest absolute Gasteiger partial charge is 0.491 e. The van der Waals surface area contributed by atoms with Crippen molar-refractivity contribution in [2.75, 3.05) is 131 Å². The first-order valence-electron chi connectivity index (χ1n) is 19.9. The van der Waals surface area contributed by atoms with Crippen molar-refractivity contribution in [2.45, 2.75) is 24.1 Å². The summed E-state index contributed by atoms with van der Waals surface area (Å²) in [5.41, 5.74) is 2.01. The summed E-state index contributed by atoms with van der Waals surface area (Å²) >= 11 is 2.85. The van der Waals surface area contributed by atoms with Crippen LogP contribution in [0.15, 0.2) is 65.6 Å². The minimum absolute atomic E-state index is 0.174. The molecule has 1 aromatic carbocycles. The maximum absolute atomic E-state index is 12.1. The molecule has 1 fully saturated rings. The van der Waals surface area contributed by atoms with Crippen LogP contribution in [0.1, 0.15) is 32.4 Å². The standard InChI is InChI=1S/C42H57N5O11S2/c1-50-41(48)39-7-3-5-34(44-39)29-46-13-17-52-21-22-53-18-14-47(30-35-6-4-8-40(45-35)42(49)51-2)16-20-57-37(31-56-19-15-46)32-59-28-27-55-24-23-54-25-26-58-36-9-11-38(12-10-36)60-33-43/h3-12,37H,13-32H2,1-2H3/t37-/m0/s1. The van der Waals surface area contributed by atoms with Crippen molar-refractivity contribution in [2.24, 2.45) is 0 Å². The second kappa shape index (κ2) is 30.2. The number of nitrogens with zero attached hydrogens (tertiary/aromatic N) is 5. The van der Waals surface area contributed by atoms with E-state index in [0.717, 1.165) is 39.5 Å². The topological polar surface area (TPSA) is 173 Å². The number of hydrogen-bond acceptors (Lipinski definition) is 18. The van der Waals surface area contributed by atoms with Gasteiger partial charge in [0.2, 0.25) is 0 Å². The smallest absolute Gasteiger partial charge is 0.356 e. The van der Waals surface area contributed by atoms with Gasteiger partial charge in [-0.15, -0.1) is 0 Å². The Morgan fingerprint density at radius 2 is 1.27 bits per heavy atom. The van der Waals surface area contributed by atoms with Gasteiger partial charge in [0.05, 0.1) is 104 Å². The van der Waals surface area contributed by atoms with E-state index in [2.05, 4.69) is 25.2 Å². The number of thiocyanates is 1. The Balaban J connectivity index is 1.25. The molecule has 3 aromatic rings. The number of rotatable bonds is 19. The fourth-order valence-electron chi connectivity index (χ4n) is 5.71. The summed E-state index contributed by atoms with van der Waals surface area (Å²) in [6.07, 6.45) is -0.174. The highest BCUT2D eigenvalue weighted by Crippen LogP contribution is 2.20. The number of thioether (sulfide) groups is 2. The second-order valence-electron chi connectivity index (χ2n) is 13.2. The van der Waals surface area contributed by atoms with Crippen LogP contribution in [-0.4, -0.2) is 169 Å². The Kier molecular flexibility index (Phi) is 24.6. The van der Waals surface area contributed by atoms with Gasteiger partial charge in [-0.3, -0.25) is 9.80 Å². The molecule has 0 amide bonds. The van der Waals surface area contributed by atoms with Gasteiger partial charge in [-0.1, -0.05) is 12.1 Å². The first-order valence-corrected chi connectivity index (χ1v) is 21.8. The van der Waals surface area contributed by atoms with Crippen LogP contribution < -0.4 is 4.74 Å². The first kappa shape index (κ1) is 48.8. The summed E-state index contributed by atoms with van der Waals surface area (Å²) in [5, 5.41) is 10.8. The molecule has 0 saturated carbocycles. The molecule has 1 aliphatic rings. The first-order chi connectivity index (χ1) is 29.5. The van der Waals surface area contributed by atoms with Crippen LogP contribution in [0.4, 0.5) is 0 Å². The number of benzene rings is 1. The molecule has 328 valence electrons. The molecule has 0 N–H and O–H groups in total. The number of ether oxygens (including phenoxy) is 9. The quantitative estimate of drug-likeness (QED) is 0.0725. The summed E-state index contributed by atoms with van der Waals surface area (Å²) in [6.45, 7) is 9.03. The maximum atomic E-state index is 12.1. The average molecular weight is 872 g/mol. The number of aromatic nitrogens is 2. The van der Waals surface area contributed by atoms with Crippen molar-refractivity contribution >= 4 is 35.5 Å². The second-order valence-corrected chi connectivity index (χ2v) is 15.2. The van der Waals surface area contributed by atoms with Crippen LogP contribution in [0, 0.1) is 10.7 Å². The molecule has 1 saturated heterocycles. The number of nitriles is 1. The van der Waals surface area contributed by atoms with Gasteiger partial charge in [0.15, 0.2) is 0 Å². The molecule has 1 aliphatic heterocycles. The van der Waals surface area contributed by atoms with Gasteiger partial charge in [-0.25, -0.2) is 19.6 Å². The molecule has 0 bridgehead atoms. The Morgan fingerprint density at radius 1 is 0.717 bits per heavy atom. The van der Waals surface area contributed by atoms with Gasteiger partial charge in [-0.2, -0.15) is 17.0 Å². The lowest BCUT2D eigenvalue weighted by Gasteiger charge is -2.25. The Bertz CT molecular complexity index is 1710. The SMILES string of the molecule is COC(=O)c1cccc(CN2CCOCCOCCN(Cc3cccc(C(=O)OC)n3)CCO[C@H](CSCCOCCOCCOc3ccc(SC#N)cc3)COCC2)n1. The lowest BCUT2D eigenvalue weighted by Crippen LogP contribution is -2.35. The van der Waals surface area contributed by atoms with Crippen molar-refractivity contribution in [3.8, 4) is 11.2 Å². The number of hydrogen-bond donors (Lipinski definition) is 0. The van der Waals surface area contributed by atoms with Gasteiger partial charge in [-0.05, 0) is 60.3 Å². The summed E-state index contributed by atoms with van der Waals surface area (Å²) < 4.78 is 51.4. The molecule has 0 unspecified atom stereocenters. The van der Waals surface area contributed by atoms with Crippen molar-refractivity contribution in [1.82, 2.24) is 19.8 Å². The lowest BCUT2D eigenvalue weighted by molar-refractivity contribution is -0.0238. The third kappa shape index (κ3) is 20.1. The van der Waals surface area contributed by atoms with E-state index in [4.69, 9.17) is 47.9 Å². The average Bonchev–Trinajstić information content (AvgIpc) is 3.27. The fraction of sp³-hybridized carbons (Fsp3) is 0.548. The zero-order valence-electron chi connectivity index (χ0n) is 34.5. The van der Waals surface area contributed by atoms with Gasteiger partial charge < -0.3 is 42.6 Å². The molecular weight excluding hydrogens is 815 g/mol. The van der Waals surface area contributed by atoms with Crippen molar-refractivity contribution < 1.29 is 52.2 Å². The summed E-state index contributed by atoms with van der Waals surface area (Å²) in [4.78, 5) is 38.4. The third-order valence-electron chi connectivity index (χ3n) is 8.80. The van der Waals surface area contributed by atoms with Gasteiger partial charge >= 0.3 is 11.9 Å². The molecule has 2 aromatic heterocycles.